The van der Waals surface area contributed by atoms with Crippen molar-refractivity contribution < 1.29 is 18.3 Å². The maximum Gasteiger partial charge on any atom is 0.278 e. The molecule has 1 N–H and O–H groups in total. The van der Waals surface area contributed by atoms with E-state index in [0.717, 1.165) is 6.04 Å². The fourth-order valence-corrected chi connectivity index (χ4v) is 5.49. The molecule has 1 aliphatic rings. The second-order valence-corrected chi connectivity index (χ2v) is 16.7. The highest BCUT2D eigenvalue weighted by Gasteiger charge is 2.41. The number of sulfonamides is 1. The lowest BCUT2D eigenvalue weighted by Gasteiger charge is -2.25. The summed E-state index contributed by atoms with van der Waals surface area (Å²) in [6, 6.07) is 0.990. The van der Waals surface area contributed by atoms with Gasteiger partial charge in [0.1, 0.15) is 6.73 Å². The molecular weight excluding hydrogens is 440 g/mol. The SMILES string of the molecule is CC(C)(O)[C@H]1CCN(S(=O)(=O)c2nc(Br)nn2COCC[Si](C)(C)C)C1. The highest BCUT2D eigenvalue weighted by molar-refractivity contribution is 9.10. The Kier molecular flexibility index (Phi) is 6.72. The van der Waals surface area contributed by atoms with Crippen molar-refractivity contribution in [2.75, 3.05) is 19.7 Å². The summed E-state index contributed by atoms with van der Waals surface area (Å²) in [4.78, 5) is 4.05. The Labute approximate surface area is 165 Å². The zero-order chi connectivity index (χ0) is 19.8. The van der Waals surface area contributed by atoms with Gasteiger partial charge in [-0.05, 0) is 42.2 Å². The highest BCUT2D eigenvalue weighted by Crippen LogP contribution is 2.30. The molecule has 1 fully saturated rings. The van der Waals surface area contributed by atoms with Crippen LogP contribution in [-0.2, 0) is 21.5 Å². The van der Waals surface area contributed by atoms with Crippen LogP contribution in [0.15, 0.2) is 9.89 Å². The van der Waals surface area contributed by atoms with Crippen molar-refractivity contribution in [3.05, 3.63) is 4.73 Å². The summed E-state index contributed by atoms with van der Waals surface area (Å²) in [6.07, 6.45) is 0.616. The van der Waals surface area contributed by atoms with Gasteiger partial charge in [0.25, 0.3) is 15.2 Å². The maximum atomic E-state index is 13.0. The van der Waals surface area contributed by atoms with Gasteiger partial charge in [-0.2, -0.15) is 9.29 Å². The first-order valence-electron chi connectivity index (χ1n) is 8.71. The van der Waals surface area contributed by atoms with E-state index in [0.29, 0.717) is 19.6 Å². The van der Waals surface area contributed by atoms with Crippen molar-refractivity contribution >= 4 is 34.0 Å². The topological polar surface area (TPSA) is 97.5 Å². The minimum absolute atomic E-state index is 0.0421. The summed E-state index contributed by atoms with van der Waals surface area (Å²) in [7, 11) is -5.01. The Balaban J connectivity index is 2.10. The van der Waals surface area contributed by atoms with Crippen molar-refractivity contribution in [1.29, 1.82) is 0 Å². The van der Waals surface area contributed by atoms with Crippen LogP contribution in [-0.4, -0.2) is 66.0 Å². The quantitative estimate of drug-likeness (QED) is 0.463. The third-order valence-corrected chi connectivity index (χ3v) is 8.36. The first-order chi connectivity index (χ1) is 11.8. The summed E-state index contributed by atoms with van der Waals surface area (Å²) >= 11 is 3.15. The Hall–Kier alpha value is -0.333. The van der Waals surface area contributed by atoms with Gasteiger partial charge in [-0.25, -0.2) is 13.1 Å². The smallest absolute Gasteiger partial charge is 0.278 e. The number of nitrogens with zero attached hydrogens (tertiary/aromatic N) is 4. The Morgan fingerprint density at radius 3 is 2.58 bits per heavy atom. The van der Waals surface area contributed by atoms with E-state index in [1.165, 1.54) is 8.99 Å². The normalized spacial score (nSPS) is 20.0. The van der Waals surface area contributed by atoms with Gasteiger partial charge in [-0.1, -0.05) is 19.6 Å². The number of aliphatic hydroxyl groups is 1. The van der Waals surface area contributed by atoms with E-state index < -0.39 is 23.7 Å². The summed E-state index contributed by atoms with van der Waals surface area (Å²) in [5.41, 5.74) is -0.918. The van der Waals surface area contributed by atoms with Crippen LogP contribution in [0.4, 0.5) is 0 Å². The van der Waals surface area contributed by atoms with Gasteiger partial charge < -0.3 is 9.84 Å². The number of ether oxygens (including phenoxy) is 1. The average Bonchev–Trinajstić information content (AvgIpc) is 3.09. The predicted octanol–water partition coefficient (Wildman–Crippen LogP) is 2.13. The van der Waals surface area contributed by atoms with Crippen LogP contribution >= 0.6 is 15.9 Å². The molecule has 0 aromatic carbocycles. The van der Waals surface area contributed by atoms with Crippen LogP contribution in [0.2, 0.25) is 25.7 Å². The molecule has 1 aromatic heterocycles. The van der Waals surface area contributed by atoms with Crippen molar-refractivity contribution in [2.45, 2.75) is 63.4 Å². The van der Waals surface area contributed by atoms with Crippen LogP contribution in [0.3, 0.4) is 0 Å². The van der Waals surface area contributed by atoms with Gasteiger partial charge in [0.15, 0.2) is 0 Å². The average molecular weight is 469 g/mol. The lowest BCUT2D eigenvalue weighted by Crippen LogP contribution is -2.36. The summed E-state index contributed by atoms with van der Waals surface area (Å²) in [5.74, 6) is -0.106. The summed E-state index contributed by atoms with van der Waals surface area (Å²) < 4.78 is 34.5. The van der Waals surface area contributed by atoms with Crippen LogP contribution in [0.1, 0.15) is 20.3 Å². The zero-order valence-electron chi connectivity index (χ0n) is 16.1. The molecule has 2 rings (SSSR count). The molecule has 150 valence electrons. The molecule has 8 nitrogen and oxygen atoms in total. The molecule has 1 saturated heterocycles. The molecule has 0 spiro atoms. The zero-order valence-corrected chi connectivity index (χ0v) is 19.5. The third kappa shape index (κ3) is 5.58. The molecular formula is C15H29BrN4O4SSi. The number of hydrogen-bond acceptors (Lipinski definition) is 6. The highest BCUT2D eigenvalue weighted by atomic mass is 79.9. The van der Waals surface area contributed by atoms with Crippen molar-refractivity contribution in [3.63, 3.8) is 0 Å². The molecule has 1 aromatic rings. The van der Waals surface area contributed by atoms with Crippen molar-refractivity contribution in [2.24, 2.45) is 5.92 Å². The Morgan fingerprint density at radius 1 is 1.38 bits per heavy atom. The van der Waals surface area contributed by atoms with E-state index in [9.17, 15) is 13.5 Å². The number of hydrogen-bond donors (Lipinski definition) is 1. The standard InChI is InChI=1S/C15H29BrN4O4SSi/c1-15(2,21)12-6-7-19(10-12)25(22,23)14-17-13(16)18-20(14)11-24-8-9-26(3,4)5/h12,21H,6-11H2,1-5H3/t12-/m0/s1. The summed E-state index contributed by atoms with van der Waals surface area (Å²) in [6.45, 7) is 11.4. The summed E-state index contributed by atoms with van der Waals surface area (Å²) in [5, 5.41) is 14.1. The molecule has 26 heavy (non-hydrogen) atoms. The number of halogens is 1. The molecule has 0 saturated carbocycles. The fraction of sp³-hybridized carbons (Fsp3) is 0.867. The fourth-order valence-electron chi connectivity index (χ4n) is 2.74. The van der Waals surface area contributed by atoms with E-state index in [4.69, 9.17) is 4.74 Å². The monoisotopic (exact) mass is 468 g/mol. The van der Waals surface area contributed by atoms with Crippen molar-refractivity contribution in [1.82, 2.24) is 19.1 Å². The molecule has 0 aliphatic carbocycles. The molecule has 0 amide bonds. The van der Waals surface area contributed by atoms with Gasteiger partial charge >= 0.3 is 0 Å². The molecule has 2 heterocycles. The first-order valence-corrected chi connectivity index (χ1v) is 14.7. The van der Waals surface area contributed by atoms with E-state index in [1.807, 2.05) is 0 Å². The lowest BCUT2D eigenvalue weighted by molar-refractivity contribution is 0.0236. The van der Waals surface area contributed by atoms with Crippen LogP contribution in [0.5, 0.6) is 0 Å². The van der Waals surface area contributed by atoms with Crippen LogP contribution in [0, 0.1) is 5.92 Å². The molecule has 0 bridgehead atoms. The van der Waals surface area contributed by atoms with Gasteiger partial charge in [-0.15, -0.1) is 5.10 Å². The largest absolute Gasteiger partial charge is 0.390 e. The number of aromatic nitrogens is 3. The van der Waals surface area contributed by atoms with Gasteiger partial charge in [0, 0.05) is 33.7 Å². The van der Waals surface area contributed by atoms with E-state index in [1.54, 1.807) is 13.8 Å². The Bertz CT molecular complexity index is 727. The molecule has 0 unspecified atom stereocenters. The van der Waals surface area contributed by atoms with Gasteiger partial charge in [-0.3, -0.25) is 0 Å². The predicted molar refractivity (Wildman–Crippen MR) is 105 cm³/mol. The minimum Gasteiger partial charge on any atom is -0.390 e. The third-order valence-electron chi connectivity index (χ3n) is 4.54. The van der Waals surface area contributed by atoms with Crippen LogP contribution in [0.25, 0.3) is 0 Å². The van der Waals surface area contributed by atoms with Crippen LogP contribution < -0.4 is 0 Å². The first kappa shape index (κ1) is 22.0. The molecule has 1 atom stereocenters. The van der Waals surface area contributed by atoms with E-state index >= 15 is 0 Å². The van der Waals surface area contributed by atoms with Gasteiger partial charge in [0.2, 0.25) is 4.73 Å². The molecule has 11 heteroatoms. The van der Waals surface area contributed by atoms with E-state index in [-0.39, 0.29) is 29.1 Å². The van der Waals surface area contributed by atoms with E-state index in [2.05, 4.69) is 45.7 Å². The maximum absolute atomic E-state index is 13.0. The molecule has 1 aliphatic heterocycles. The Morgan fingerprint density at radius 2 is 2.04 bits per heavy atom. The molecule has 0 radical (unpaired) electrons. The van der Waals surface area contributed by atoms with Gasteiger partial charge in [0.05, 0.1) is 5.60 Å². The van der Waals surface area contributed by atoms with Crippen molar-refractivity contribution in [3.8, 4) is 0 Å². The second-order valence-electron chi connectivity index (χ2n) is 8.51. The lowest BCUT2D eigenvalue weighted by atomic mass is 9.91. The minimum atomic E-state index is -3.80. The number of rotatable bonds is 8. The second kappa shape index (κ2) is 7.96.